The molecular formula is C54H45B. The van der Waals surface area contributed by atoms with Crippen molar-refractivity contribution in [2.24, 2.45) is 0 Å². The van der Waals surface area contributed by atoms with Crippen LogP contribution in [0.3, 0.4) is 0 Å². The Labute approximate surface area is 328 Å². The molecule has 0 unspecified atom stereocenters. The smallest absolute Gasteiger partial charge is 0.0622 e. The lowest BCUT2D eigenvalue weighted by Crippen LogP contribution is -1.83. The zero-order valence-corrected chi connectivity index (χ0v) is 30.2. The molecule has 0 aromatic heterocycles. The third-order valence-corrected chi connectivity index (χ3v) is 9.29. The van der Waals surface area contributed by atoms with E-state index in [1.807, 2.05) is 0 Å². The second kappa shape index (κ2) is 19.8. The van der Waals surface area contributed by atoms with Crippen LogP contribution in [0.5, 0.6) is 0 Å². The topological polar surface area (TPSA) is 0 Å². The van der Waals surface area contributed by atoms with Crippen molar-refractivity contribution < 1.29 is 0 Å². The summed E-state index contributed by atoms with van der Waals surface area (Å²) >= 11 is 0. The van der Waals surface area contributed by atoms with E-state index < -0.39 is 0 Å². The summed E-state index contributed by atoms with van der Waals surface area (Å²) in [6.07, 6.45) is 0. The summed E-state index contributed by atoms with van der Waals surface area (Å²) in [5.74, 6) is 0. The van der Waals surface area contributed by atoms with Crippen LogP contribution in [0.1, 0.15) is 0 Å². The van der Waals surface area contributed by atoms with Crippen LogP contribution in [0.25, 0.3) is 66.8 Å². The molecule has 9 aromatic carbocycles. The molecule has 0 nitrogen and oxygen atoms in total. The summed E-state index contributed by atoms with van der Waals surface area (Å²) in [5, 5.41) is 0. The highest BCUT2D eigenvalue weighted by atomic mass is 14.1. The van der Waals surface area contributed by atoms with Crippen molar-refractivity contribution in [3.05, 3.63) is 255 Å². The van der Waals surface area contributed by atoms with Crippen LogP contribution in [-0.4, -0.2) is 8.41 Å². The molecule has 0 aliphatic heterocycles. The van der Waals surface area contributed by atoms with Crippen molar-refractivity contribution in [2.45, 2.75) is 0 Å². The van der Waals surface area contributed by atoms with E-state index in [2.05, 4.69) is 255 Å². The van der Waals surface area contributed by atoms with E-state index in [0.29, 0.717) is 0 Å². The maximum atomic E-state index is 2.18. The van der Waals surface area contributed by atoms with Gasteiger partial charge >= 0.3 is 0 Å². The lowest BCUT2D eigenvalue weighted by atomic mass is 9.95. The summed E-state index contributed by atoms with van der Waals surface area (Å²) in [6.45, 7) is 0. The van der Waals surface area contributed by atoms with E-state index in [0.717, 1.165) is 0 Å². The van der Waals surface area contributed by atoms with Gasteiger partial charge in [-0.3, -0.25) is 0 Å². The van der Waals surface area contributed by atoms with Crippen LogP contribution < -0.4 is 0 Å². The molecule has 9 rings (SSSR count). The van der Waals surface area contributed by atoms with Gasteiger partial charge in [-0.05, 0) is 66.8 Å². The van der Waals surface area contributed by atoms with Crippen molar-refractivity contribution >= 4 is 8.41 Å². The molecule has 0 heterocycles. The van der Waals surface area contributed by atoms with Crippen LogP contribution in [-0.2, 0) is 0 Å². The Morgan fingerprint density at radius 2 is 0.236 bits per heavy atom. The molecule has 0 spiro atoms. The van der Waals surface area contributed by atoms with Crippen LogP contribution in [0.4, 0.5) is 0 Å². The molecule has 9 aromatic rings. The second-order valence-electron chi connectivity index (χ2n) is 12.8. The van der Waals surface area contributed by atoms with Crippen LogP contribution in [0, 0.1) is 0 Å². The maximum Gasteiger partial charge on any atom is 0.0814 e. The van der Waals surface area contributed by atoms with Gasteiger partial charge in [-0.2, -0.15) is 0 Å². The number of hydrogen-bond donors (Lipinski definition) is 0. The van der Waals surface area contributed by atoms with E-state index in [9.17, 15) is 0 Å². The summed E-state index contributed by atoms with van der Waals surface area (Å²) < 4.78 is 0. The summed E-state index contributed by atoms with van der Waals surface area (Å²) in [4.78, 5) is 0. The zero-order valence-electron chi connectivity index (χ0n) is 30.2. The van der Waals surface area contributed by atoms with Crippen molar-refractivity contribution in [1.82, 2.24) is 0 Å². The number of rotatable bonds is 6. The third-order valence-electron chi connectivity index (χ3n) is 9.29. The maximum absolute atomic E-state index is 2.18. The van der Waals surface area contributed by atoms with E-state index >= 15 is 0 Å². The first-order valence-corrected chi connectivity index (χ1v) is 18.4. The Morgan fingerprint density at radius 1 is 0.127 bits per heavy atom. The molecule has 264 valence electrons. The van der Waals surface area contributed by atoms with Gasteiger partial charge in [-0.25, -0.2) is 0 Å². The first-order chi connectivity index (χ1) is 26.8. The monoisotopic (exact) mass is 704 g/mol. The molecule has 0 radical (unpaired) electrons. The first-order valence-electron chi connectivity index (χ1n) is 18.4. The average molecular weight is 705 g/mol. The summed E-state index contributed by atoms with van der Waals surface area (Å²) in [7, 11) is 0. The number of benzene rings is 9. The summed E-state index contributed by atoms with van der Waals surface area (Å²) in [5.41, 5.74) is 15.3. The molecule has 0 aliphatic rings. The second-order valence-corrected chi connectivity index (χ2v) is 12.8. The van der Waals surface area contributed by atoms with Gasteiger partial charge in [-0.15, -0.1) is 0 Å². The van der Waals surface area contributed by atoms with Crippen molar-refractivity contribution in [2.75, 3.05) is 0 Å². The van der Waals surface area contributed by atoms with Gasteiger partial charge in [-0.1, -0.05) is 255 Å². The standard InChI is InChI=1S/3C18H14.BH3/c3*1-3-9-15(10-4-1)17-13-7-8-14-18(17)16-11-5-2-6-12-16;/h3*1-14H;1H3. The quantitative estimate of drug-likeness (QED) is 0.151. The van der Waals surface area contributed by atoms with E-state index in [1.54, 1.807) is 0 Å². The largest absolute Gasteiger partial charge is 0.0814 e. The minimum Gasteiger partial charge on any atom is -0.0622 e. The Hall–Kier alpha value is -6.96. The molecule has 0 amide bonds. The van der Waals surface area contributed by atoms with Gasteiger partial charge in [0.2, 0.25) is 0 Å². The van der Waals surface area contributed by atoms with Crippen LogP contribution in [0.15, 0.2) is 255 Å². The van der Waals surface area contributed by atoms with Gasteiger partial charge < -0.3 is 0 Å². The van der Waals surface area contributed by atoms with Crippen molar-refractivity contribution in [3.8, 4) is 66.8 Å². The molecule has 0 saturated heterocycles. The summed E-state index contributed by atoms with van der Waals surface area (Å²) in [6, 6.07) is 88.7. The van der Waals surface area contributed by atoms with Gasteiger partial charge in [0.15, 0.2) is 0 Å². The SMILES string of the molecule is B.c1ccc(-c2ccccc2-c2ccccc2)cc1.c1ccc(-c2ccccc2-c2ccccc2)cc1.c1ccc(-c2ccccc2-c2ccccc2)cc1. The van der Waals surface area contributed by atoms with Gasteiger partial charge in [0.05, 0.1) is 8.41 Å². The van der Waals surface area contributed by atoms with Gasteiger partial charge in [0.25, 0.3) is 0 Å². The van der Waals surface area contributed by atoms with Gasteiger partial charge in [0.1, 0.15) is 0 Å². The normalized spacial score (nSPS) is 10.0. The molecular weight excluding hydrogens is 659 g/mol. The fourth-order valence-electron chi connectivity index (χ4n) is 6.67. The van der Waals surface area contributed by atoms with E-state index in [1.165, 1.54) is 66.8 Å². The highest BCUT2D eigenvalue weighted by molar-refractivity contribution is 5.85. The molecule has 0 atom stereocenters. The molecule has 1 heteroatoms. The molecule has 55 heavy (non-hydrogen) atoms. The van der Waals surface area contributed by atoms with Crippen LogP contribution in [0.2, 0.25) is 0 Å². The Bertz CT molecular complexity index is 1990. The highest BCUT2D eigenvalue weighted by Gasteiger charge is 2.07. The molecule has 0 fully saturated rings. The molecule has 0 saturated carbocycles. The van der Waals surface area contributed by atoms with E-state index in [4.69, 9.17) is 0 Å². The lowest BCUT2D eigenvalue weighted by molar-refractivity contribution is 1.58. The molecule has 0 aliphatic carbocycles. The highest BCUT2D eigenvalue weighted by Crippen LogP contribution is 2.34. The van der Waals surface area contributed by atoms with Crippen molar-refractivity contribution in [3.63, 3.8) is 0 Å². The fourth-order valence-corrected chi connectivity index (χ4v) is 6.67. The van der Waals surface area contributed by atoms with Gasteiger partial charge in [0, 0.05) is 0 Å². The first kappa shape index (κ1) is 37.8. The number of hydrogen-bond acceptors (Lipinski definition) is 0. The molecule has 0 bridgehead atoms. The van der Waals surface area contributed by atoms with Crippen molar-refractivity contribution in [1.29, 1.82) is 0 Å². The molecule has 0 N–H and O–H groups in total. The zero-order chi connectivity index (χ0) is 36.6. The lowest BCUT2D eigenvalue weighted by Gasteiger charge is -2.09. The Kier molecular flexibility index (Phi) is 13.6. The Morgan fingerprint density at radius 3 is 0.364 bits per heavy atom. The van der Waals surface area contributed by atoms with Crippen LogP contribution >= 0.6 is 0 Å². The predicted molar refractivity (Wildman–Crippen MR) is 242 cm³/mol. The minimum absolute atomic E-state index is 0. The predicted octanol–water partition coefficient (Wildman–Crippen LogP) is 13.9. The Balaban J connectivity index is 0.000000139. The third kappa shape index (κ3) is 9.93. The van der Waals surface area contributed by atoms with E-state index in [-0.39, 0.29) is 8.41 Å². The fraction of sp³-hybridized carbons (Fsp3) is 0. The minimum atomic E-state index is 0. The average Bonchev–Trinajstić information content (AvgIpc) is 3.29.